The number of ketones is 1. The minimum Gasteiger partial charge on any atom is -0.298 e. The smallest absolute Gasteiger partial charge is 0.292 e. The molecule has 0 saturated carbocycles. The van der Waals surface area contributed by atoms with Crippen molar-refractivity contribution in [1.82, 2.24) is 0 Å². The van der Waals surface area contributed by atoms with E-state index in [9.17, 15) is 10.0 Å². The number of aromatic nitrogens is 1. The highest BCUT2D eigenvalue weighted by atomic mass is 35.5. The molecule has 27 heavy (non-hydrogen) atoms. The van der Waals surface area contributed by atoms with Crippen molar-refractivity contribution < 1.29 is 14.7 Å². The highest BCUT2D eigenvalue weighted by Crippen LogP contribution is 2.38. The molecule has 1 N–H and O–H groups in total. The lowest BCUT2D eigenvalue weighted by Crippen LogP contribution is -2.32. The summed E-state index contributed by atoms with van der Waals surface area (Å²) in [5, 5.41) is 11.4. The quantitative estimate of drug-likeness (QED) is 0.299. The summed E-state index contributed by atoms with van der Waals surface area (Å²) in [7, 11) is 0. The number of pyridine rings is 1. The Labute approximate surface area is 176 Å². The van der Waals surface area contributed by atoms with Crippen LogP contribution >= 0.6 is 46.6 Å². The summed E-state index contributed by atoms with van der Waals surface area (Å²) in [6, 6.07) is 17.5. The van der Waals surface area contributed by atoms with Crippen LogP contribution in [-0.4, -0.2) is 11.0 Å². The summed E-state index contributed by atoms with van der Waals surface area (Å²) in [6.07, 6.45) is 1.65. The number of carbonyl (C=O) groups excluding carboxylic acids is 1. The SMILES string of the molecule is O=C(Cc1cc(Cl)cc(Cl)c1)C(Sc1cccc[n+]1O)c1ccccc1Cl. The van der Waals surface area contributed by atoms with Crippen molar-refractivity contribution in [2.45, 2.75) is 16.7 Å². The third kappa shape index (κ3) is 5.17. The van der Waals surface area contributed by atoms with Gasteiger partial charge in [-0.25, -0.2) is 0 Å². The van der Waals surface area contributed by atoms with Gasteiger partial charge < -0.3 is 0 Å². The van der Waals surface area contributed by atoms with Crippen molar-refractivity contribution in [3.8, 4) is 0 Å². The van der Waals surface area contributed by atoms with Crippen molar-refractivity contribution in [2.75, 3.05) is 0 Å². The zero-order valence-corrected chi connectivity index (χ0v) is 17.1. The molecule has 0 aliphatic heterocycles. The number of benzene rings is 2. The predicted molar refractivity (Wildman–Crippen MR) is 109 cm³/mol. The number of hydrogen-bond acceptors (Lipinski definition) is 3. The Kier molecular flexibility index (Phi) is 6.66. The van der Waals surface area contributed by atoms with Crippen LogP contribution in [0.3, 0.4) is 0 Å². The van der Waals surface area contributed by atoms with E-state index in [-0.39, 0.29) is 12.2 Å². The molecule has 3 rings (SSSR count). The Bertz CT molecular complexity index is 961. The zero-order valence-electron chi connectivity index (χ0n) is 14.0. The van der Waals surface area contributed by atoms with Crippen LogP contribution in [0.5, 0.6) is 0 Å². The molecule has 0 amide bonds. The minimum absolute atomic E-state index is 0.0738. The van der Waals surface area contributed by atoms with Crippen molar-refractivity contribution in [3.63, 3.8) is 0 Å². The van der Waals surface area contributed by atoms with Crippen LogP contribution in [0.4, 0.5) is 0 Å². The van der Waals surface area contributed by atoms with Crippen LogP contribution in [0, 0.1) is 0 Å². The van der Waals surface area contributed by atoms with Crippen LogP contribution < -0.4 is 4.73 Å². The largest absolute Gasteiger partial charge is 0.298 e. The average molecular weight is 440 g/mol. The molecule has 1 unspecified atom stereocenters. The molecule has 138 valence electrons. The third-order valence-electron chi connectivity index (χ3n) is 3.82. The summed E-state index contributed by atoms with van der Waals surface area (Å²) in [5.41, 5.74) is 1.41. The lowest BCUT2D eigenvalue weighted by atomic mass is 10.0. The Morgan fingerprint density at radius 2 is 1.67 bits per heavy atom. The van der Waals surface area contributed by atoms with Crippen LogP contribution in [0.25, 0.3) is 0 Å². The minimum atomic E-state index is -0.600. The van der Waals surface area contributed by atoms with Crippen molar-refractivity contribution in [2.24, 2.45) is 0 Å². The monoisotopic (exact) mass is 438 g/mol. The second-order valence-corrected chi connectivity index (χ2v) is 8.23. The van der Waals surface area contributed by atoms with E-state index in [4.69, 9.17) is 34.8 Å². The van der Waals surface area contributed by atoms with Gasteiger partial charge in [0.15, 0.2) is 5.78 Å². The second-order valence-electron chi connectivity index (χ2n) is 5.82. The molecule has 0 bridgehead atoms. The lowest BCUT2D eigenvalue weighted by molar-refractivity contribution is -0.932. The molecular weight excluding hydrogens is 425 g/mol. The first kappa shape index (κ1) is 20.0. The van der Waals surface area contributed by atoms with Crippen LogP contribution in [0.15, 0.2) is 71.9 Å². The van der Waals surface area contributed by atoms with Crippen LogP contribution in [0.1, 0.15) is 16.4 Å². The van der Waals surface area contributed by atoms with E-state index in [0.717, 1.165) is 10.3 Å². The van der Waals surface area contributed by atoms with Gasteiger partial charge in [0.25, 0.3) is 5.03 Å². The van der Waals surface area contributed by atoms with Gasteiger partial charge in [-0.05, 0) is 53.2 Å². The van der Waals surface area contributed by atoms with Gasteiger partial charge in [-0.3, -0.25) is 10.0 Å². The van der Waals surface area contributed by atoms with Gasteiger partial charge >= 0.3 is 0 Å². The highest BCUT2D eigenvalue weighted by Gasteiger charge is 2.28. The van der Waals surface area contributed by atoms with Gasteiger partial charge in [0, 0.05) is 38.4 Å². The second kappa shape index (κ2) is 8.98. The molecule has 1 atom stereocenters. The van der Waals surface area contributed by atoms with Gasteiger partial charge in [0.1, 0.15) is 5.25 Å². The molecule has 0 fully saturated rings. The molecule has 0 spiro atoms. The maximum Gasteiger partial charge on any atom is 0.292 e. The molecule has 1 heterocycles. The molecule has 3 aromatic rings. The van der Waals surface area contributed by atoms with Gasteiger partial charge in [-0.1, -0.05) is 53.0 Å². The van der Waals surface area contributed by atoms with Crippen molar-refractivity contribution in [3.05, 3.63) is 93.1 Å². The van der Waals surface area contributed by atoms with E-state index >= 15 is 0 Å². The topological polar surface area (TPSA) is 41.2 Å². The number of thioether (sulfide) groups is 1. The fraction of sp³-hybridized carbons (Fsp3) is 0.100. The first-order chi connectivity index (χ1) is 12.9. The Balaban J connectivity index is 1.95. The summed E-state index contributed by atoms with van der Waals surface area (Å²) in [4.78, 5) is 13.1. The molecule has 2 aromatic carbocycles. The number of carbonyl (C=O) groups is 1. The van der Waals surface area contributed by atoms with E-state index in [2.05, 4.69) is 0 Å². The third-order valence-corrected chi connectivity index (χ3v) is 5.92. The Hall–Kier alpha value is -1.72. The van der Waals surface area contributed by atoms with Crippen LogP contribution in [0.2, 0.25) is 15.1 Å². The molecular formula is C20H15Cl3NO2S+. The van der Waals surface area contributed by atoms with E-state index in [1.807, 2.05) is 18.2 Å². The molecule has 0 saturated heterocycles. The van der Waals surface area contributed by atoms with Gasteiger partial charge in [0.2, 0.25) is 6.20 Å². The number of nitrogens with zero attached hydrogens (tertiary/aromatic N) is 1. The van der Waals surface area contributed by atoms with Crippen molar-refractivity contribution in [1.29, 1.82) is 0 Å². The average Bonchev–Trinajstić information content (AvgIpc) is 2.61. The Morgan fingerprint density at radius 1 is 1.00 bits per heavy atom. The van der Waals surface area contributed by atoms with Gasteiger partial charge in [0.05, 0.1) is 0 Å². The van der Waals surface area contributed by atoms with Gasteiger partial charge in [-0.2, -0.15) is 0 Å². The fourth-order valence-electron chi connectivity index (χ4n) is 2.63. The summed E-state index contributed by atoms with van der Waals surface area (Å²) in [5.74, 6) is -0.0738. The van der Waals surface area contributed by atoms with E-state index in [1.54, 1.807) is 42.5 Å². The lowest BCUT2D eigenvalue weighted by Gasteiger charge is -2.16. The summed E-state index contributed by atoms with van der Waals surface area (Å²) in [6.45, 7) is 0. The molecule has 0 aliphatic carbocycles. The summed E-state index contributed by atoms with van der Waals surface area (Å²) < 4.78 is 0.984. The summed E-state index contributed by atoms with van der Waals surface area (Å²) >= 11 is 19.7. The van der Waals surface area contributed by atoms with Crippen molar-refractivity contribution >= 4 is 52.3 Å². The first-order valence-corrected chi connectivity index (χ1v) is 10.0. The van der Waals surface area contributed by atoms with E-state index in [0.29, 0.717) is 25.7 Å². The highest BCUT2D eigenvalue weighted by molar-refractivity contribution is 8.00. The molecule has 1 aromatic heterocycles. The molecule has 7 heteroatoms. The number of halogens is 3. The first-order valence-electron chi connectivity index (χ1n) is 8.03. The molecule has 0 radical (unpaired) electrons. The number of Topliss-reactive ketones (excluding diaryl/α,β-unsaturated/α-hetero) is 1. The fourth-order valence-corrected chi connectivity index (χ4v) is 4.63. The van der Waals surface area contributed by atoms with E-state index in [1.165, 1.54) is 18.0 Å². The zero-order chi connectivity index (χ0) is 19.4. The standard InChI is InChI=1S/C20H15Cl3NO2S/c21-14-9-13(10-15(22)12-14)11-18(25)20(16-5-1-2-6-17(16)23)27-19-7-3-4-8-24(19)26/h1-10,12,20,26H,11H2/q+1. The molecule has 0 aliphatic rings. The number of rotatable bonds is 6. The van der Waals surface area contributed by atoms with Gasteiger partial charge in [-0.15, -0.1) is 0 Å². The van der Waals surface area contributed by atoms with E-state index < -0.39 is 5.25 Å². The normalized spacial score (nSPS) is 12.0. The molecule has 3 nitrogen and oxygen atoms in total. The predicted octanol–water partition coefficient (Wildman–Crippen LogP) is 5.82. The maximum atomic E-state index is 13.1. The van der Waals surface area contributed by atoms with Crippen LogP contribution in [-0.2, 0) is 11.2 Å². The Morgan fingerprint density at radius 3 is 2.33 bits per heavy atom. The number of hydrogen-bond donors (Lipinski definition) is 1. The maximum absolute atomic E-state index is 13.1.